The molecule has 0 spiro atoms. The third-order valence-corrected chi connectivity index (χ3v) is 6.04. The van der Waals surface area contributed by atoms with Crippen molar-refractivity contribution in [2.45, 2.75) is 19.5 Å². The fraction of sp³-hybridized carbons (Fsp3) is 0.185. The molecule has 0 bridgehead atoms. The Balaban J connectivity index is 1.70. The van der Waals surface area contributed by atoms with Crippen LogP contribution >= 0.6 is 0 Å². The van der Waals surface area contributed by atoms with E-state index in [1.165, 1.54) is 23.1 Å². The van der Waals surface area contributed by atoms with Gasteiger partial charge in [0.05, 0.1) is 30.7 Å². The van der Waals surface area contributed by atoms with Crippen LogP contribution in [0.4, 0.5) is 4.39 Å². The van der Waals surface area contributed by atoms with Crippen LogP contribution in [0.3, 0.4) is 0 Å². The first kappa shape index (κ1) is 22.5. The molecule has 0 radical (unpaired) electrons. The van der Waals surface area contributed by atoms with E-state index in [1.807, 2.05) is 12.1 Å². The molecule has 5 rings (SSSR count). The van der Waals surface area contributed by atoms with Gasteiger partial charge in [0, 0.05) is 6.54 Å². The fourth-order valence-electron chi connectivity index (χ4n) is 4.40. The molecule has 0 fully saturated rings. The van der Waals surface area contributed by atoms with Crippen molar-refractivity contribution in [2.24, 2.45) is 0 Å². The molecule has 0 saturated carbocycles. The van der Waals surface area contributed by atoms with Crippen LogP contribution in [0, 0.1) is 5.82 Å². The lowest BCUT2D eigenvalue weighted by molar-refractivity contribution is 0.0714. The van der Waals surface area contributed by atoms with E-state index in [1.54, 1.807) is 38.3 Å². The number of hydrogen-bond acceptors (Lipinski definition) is 6. The third kappa shape index (κ3) is 3.86. The van der Waals surface area contributed by atoms with Gasteiger partial charge >= 0.3 is 0 Å². The van der Waals surface area contributed by atoms with Gasteiger partial charge in [-0.2, -0.15) is 0 Å². The molecule has 1 atom stereocenters. The topological polar surface area (TPSA) is 89.2 Å². The summed E-state index contributed by atoms with van der Waals surface area (Å²) in [6.45, 7) is 2.28. The lowest BCUT2D eigenvalue weighted by Crippen LogP contribution is -2.29. The minimum Gasteiger partial charge on any atom is -0.504 e. The molecule has 1 aliphatic rings. The Morgan fingerprint density at radius 3 is 2.54 bits per heavy atom. The molecule has 0 aliphatic carbocycles. The van der Waals surface area contributed by atoms with Gasteiger partial charge in [-0.15, -0.1) is 0 Å². The molecule has 1 N–H and O–H groups in total. The predicted molar refractivity (Wildman–Crippen MR) is 126 cm³/mol. The summed E-state index contributed by atoms with van der Waals surface area (Å²) in [7, 11) is 1.57. The van der Waals surface area contributed by atoms with Gasteiger partial charge in [-0.05, 0) is 60.5 Å². The van der Waals surface area contributed by atoms with E-state index in [4.69, 9.17) is 13.9 Å². The van der Waals surface area contributed by atoms with Gasteiger partial charge in [0.1, 0.15) is 17.1 Å². The number of rotatable bonds is 6. The molecule has 3 aromatic carbocycles. The van der Waals surface area contributed by atoms with E-state index in [2.05, 4.69) is 0 Å². The number of ether oxygens (including phenoxy) is 2. The predicted octanol–water partition coefficient (Wildman–Crippen LogP) is 4.79. The maximum Gasteiger partial charge on any atom is 0.291 e. The monoisotopic (exact) mass is 475 g/mol. The molecule has 0 saturated heterocycles. The Kier molecular flexibility index (Phi) is 5.64. The van der Waals surface area contributed by atoms with E-state index in [0.717, 1.165) is 11.6 Å². The number of methoxy groups -OCH3 is 1. The lowest BCUT2D eigenvalue weighted by atomic mass is 9.97. The van der Waals surface area contributed by atoms with Crippen LogP contribution in [-0.2, 0) is 6.54 Å². The Morgan fingerprint density at radius 1 is 1.06 bits per heavy atom. The number of benzene rings is 3. The Bertz CT molecular complexity index is 1490. The maximum absolute atomic E-state index is 14.0. The number of carbonyl (C=O) groups is 1. The maximum atomic E-state index is 14.0. The number of halogens is 1. The van der Waals surface area contributed by atoms with Gasteiger partial charge in [0.15, 0.2) is 16.9 Å². The van der Waals surface area contributed by atoms with Crippen LogP contribution in [0.1, 0.15) is 40.2 Å². The average Bonchev–Trinajstić information content (AvgIpc) is 3.13. The summed E-state index contributed by atoms with van der Waals surface area (Å²) >= 11 is 0. The molecule has 1 amide bonds. The zero-order valence-corrected chi connectivity index (χ0v) is 19.1. The Hall–Kier alpha value is -4.33. The molecule has 35 heavy (non-hydrogen) atoms. The highest BCUT2D eigenvalue weighted by atomic mass is 19.1. The smallest absolute Gasteiger partial charge is 0.291 e. The SMILES string of the molecule is CCOc1cc([C@H]2c3c(oc4ccc(F)cc4c3=O)C(=O)N2Cc2ccc(OC)cc2)ccc1O. The van der Waals surface area contributed by atoms with Crippen molar-refractivity contribution in [1.29, 1.82) is 0 Å². The van der Waals surface area contributed by atoms with Crippen LogP contribution in [0.5, 0.6) is 17.2 Å². The average molecular weight is 475 g/mol. The number of phenolic OH excluding ortho intramolecular Hbond substituents is 1. The van der Waals surface area contributed by atoms with Gasteiger partial charge in [-0.3, -0.25) is 9.59 Å². The van der Waals surface area contributed by atoms with Crippen molar-refractivity contribution in [3.05, 3.63) is 99.2 Å². The summed E-state index contributed by atoms with van der Waals surface area (Å²) in [6.07, 6.45) is 0. The Morgan fingerprint density at radius 2 is 1.83 bits per heavy atom. The second-order valence-electron chi connectivity index (χ2n) is 8.16. The quantitative estimate of drug-likeness (QED) is 0.431. The minimum atomic E-state index is -0.830. The van der Waals surface area contributed by atoms with Crippen LogP contribution in [0.15, 0.2) is 69.9 Å². The number of phenols is 1. The number of carbonyl (C=O) groups excluding carboxylic acids is 1. The zero-order valence-electron chi connectivity index (χ0n) is 19.1. The molecule has 4 aromatic rings. The van der Waals surface area contributed by atoms with Crippen LogP contribution in [0.25, 0.3) is 11.0 Å². The summed E-state index contributed by atoms with van der Waals surface area (Å²) in [4.78, 5) is 28.6. The molecule has 178 valence electrons. The van der Waals surface area contributed by atoms with Crippen molar-refractivity contribution >= 4 is 16.9 Å². The van der Waals surface area contributed by atoms with Crippen molar-refractivity contribution in [3.63, 3.8) is 0 Å². The first-order chi connectivity index (χ1) is 16.9. The van der Waals surface area contributed by atoms with Crippen molar-refractivity contribution in [1.82, 2.24) is 4.90 Å². The molecule has 7 nitrogen and oxygen atoms in total. The first-order valence-electron chi connectivity index (χ1n) is 11.1. The number of nitrogens with zero attached hydrogens (tertiary/aromatic N) is 1. The molecule has 2 heterocycles. The number of fused-ring (bicyclic) bond motifs is 2. The highest BCUT2D eigenvalue weighted by Gasteiger charge is 2.43. The molecule has 1 aliphatic heterocycles. The number of hydrogen-bond donors (Lipinski definition) is 1. The van der Waals surface area contributed by atoms with Crippen molar-refractivity contribution in [2.75, 3.05) is 13.7 Å². The summed E-state index contributed by atoms with van der Waals surface area (Å²) in [5.41, 5.74) is 1.13. The van der Waals surface area contributed by atoms with E-state index >= 15 is 0 Å². The fourth-order valence-corrected chi connectivity index (χ4v) is 4.40. The molecule has 1 aromatic heterocycles. The number of amides is 1. The second kappa shape index (κ2) is 8.79. The van der Waals surface area contributed by atoms with E-state index in [0.29, 0.717) is 17.9 Å². The highest BCUT2D eigenvalue weighted by molar-refractivity contribution is 5.99. The lowest BCUT2D eigenvalue weighted by Gasteiger charge is -2.26. The van der Waals surface area contributed by atoms with Gasteiger partial charge in [-0.1, -0.05) is 18.2 Å². The second-order valence-corrected chi connectivity index (χ2v) is 8.16. The van der Waals surface area contributed by atoms with Crippen molar-refractivity contribution in [3.8, 4) is 17.2 Å². The molecule has 8 heteroatoms. The molecule has 0 unspecified atom stereocenters. The summed E-state index contributed by atoms with van der Waals surface area (Å²) in [5.74, 6) is -0.287. The zero-order chi connectivity index (χ0) is 24.7. The van der Waals surface area contributed by atoms with Crippen LogP contribution in [-0.4, -0.2) is 29.6 Å². The molecular weight excluding hydrogens is 453 g/mol. The van der Waals surface area contributed by atoms with Gasteiger partial charge in [0.25, 0.3) is 5.91 Å². The van der Waals surface area contributed by atoms with Crippen LogP contribution in [0.2, 0.25) is 0 Å². The first-order valence-corrected chi connectivity index (χ1v) is 11.1. The van der Waals surface area contributed by atoms with Gasteiger partial charge < -0.3 is 23.9 Å². The van der Waals surface area contributed by atoms with E-state index < -0.39 is 23.2 Å². The van der Waals surface area contributed by atoms with Gasteiger partial charge in [-0.25, -0.2) is 4.39 Å². The van der Waals surface area contributed by atoms with Gasteiger partial charge in [0.2, 0.25) is 5.76 Å². The Labute approximate surface area is 199 Å². The van der Waals surface area contributed by atoms with Crippen molar-refractivity contribution < 1.29 is 28.2 Å². The molecular formula is C27H22FNO6. The normalized spacial score (nSPS) is 14.9. The summed E-state index contributed by atoms with van der Waals surface area (Å²) in [6, 6.07) is 14.7. The van der Waals surface area contributed by atoms with E-state index in [9.17, 15) is 19.1 Å². The van der Waals surface area contributed by atoms with E-state index in [-0.39, 0.29) is 40.3 Å². The standard InChI is InChI=1S/C27H22FNO6/c1-3-34-22-12-16(6-10-20(22)30)24-23-25(31)19-13-17(28)7-11-21(19)35-26(23)27(32)29(24)14-15-4-8-18(33-2)9-5-15/h4-13,24,30H,3,14H2,1-2H3/t24-/m0/s1. The van der Waals surface area contributed by atoms with Crippen LogP contribution < -0.4 is 14.9 Å². The number of aromatic hydroxyl groups is 1. The summed E-state index contributed by atoms with van der Waals surface area (Å²) < 4.78 is 30.6. The third-order valence-electron chi connectivity index (χ3n) is 6.04. The summed E-state index contributed by atoms with van der Waals surface area (Å²) in [5, 5.41) is 10.2. The largest absolute Gasteiger partial charge is 0.504 e. The highest BCUT2D eigenvalue weighted by Crippen LogP contribution is 2.41. The minimum absolute atomic E-state index is 0.0525.